The smallest absolute Gasteiger partial charge is 0.248 e. The summed E-state index contributed by atoms with van der Waals surface area (Å²) in [5.74, 6) is 0.103. The molecule has 3 nitrogen and oxygen atoms in total. The number of hydrogen-bond acceptors (Lipinski definition) is 2. The van der Waals surface area contributed by atoms with Gasteiger partial charge in [0.15, 0.2) is 0 Å². The molecule has 1 aromatic heterocycles. The monoisotopic (exact) mass is 211 g/mol. The first kappa shape index (κ1) is 8.97. The van der Waals surface area contributed by atoms with E-state index < -0.39 is 0 Å². The van der Waals surface area contributed by atoms with Gasteiger partial charge in [0.1, 0.15) is 5.75 Å². The van der Waals surface area contributed by atoms with Crippen molar-refractivity contribution >= 4 is 21.7 Å². The van der Waals surface area contributed by atoms with E-state index in [9.17, 15) is 9.90 Å². The highest BCUT2D eigenvalue weighted by Gasteiger charge is 2.05. The molecule has 3 rings (SSSR count). The SMILES string of the molecule is O=c1ccc2c([nH]1)c(O)cc1ccccc12. The second-order valence-electron chi connectivity index (χ2n) is 3.73. The fourth-order valence-corrected chi connectivity index (χ4v) is 1.99. The van der Waals surface area contributed by atoms with E-state index in [1.54, 1.807) is 12.1 Å². The lowest BCUT2D eigenvalue weighted by atomic mass is 10.0. The number of H-pyrrole nitrogens is 1. The van der Waals surface area contributed by atoms with Gasteiger partial charge in [0.2, 0.25) is 5.56 Å². The summed E-state index contributed by atoms with van der Waals surface area (Å²) in [6.07, 6.45) is 0. The van der Waals surface area contributed by atoms with E-state index in [2.05, 4.69) is 4.98 Å². The van der Waals surface area contributed by atoms with Crippen LogP contribution in [0.1, 0.15) is 0 Å². The molecule has 0 unspecified atom stereocenters. The van der Waals surface area contributed by atoms with E-state index in [4.69, 9.17) is 0 Å². The standard InChI is InChI=1S/C13H9NO2/c15-11-7-8-3-1-2-4-9(8)10-5-6-12(16)14-13(10)11/h1-7,15H,(H,14,16). The van der Waals surface area contributed by atoms with E-state index in [1.165, 1.54) is 6.07 Å². The average molecular weight is 211 g/mol. The predicted octanol–water partition coefficient (Wildman–Crippen LogP) is 2.39. The molecule has 0 radical (unpaired) electrons. The van der Waals surface area contributed by atoms with Gasteiger partial charge in [0.25, 0.3) is 0 Å². The molecule has 2 N–H and O–H groups in total. The molecule has 16 heavy (non-hydrogen) atoms. The lowest BCUT2D eigenvalue weighted by Gasteiger charge is -2.05. The van der Waals surface area contributed by atoms with Gasteiger partial charge >= 0.3 is 0 Å². The minimum atomic E-state index is -0.210. The van der Waals surface area contributed by atoms with Gasteiger partial charge < -0.3 is 10.1 Å². The summed E-state index contributed by atoms with van der Waals surface area (Å²) in [6, 6.07) is 12.6. The number of aromatic nitrogens is 1. The maximum absolute atomic E-state index is 11.2. The zero-order chi connectivity index (χ0) is 11.1. The highest BCUT2D eigenvalue weighted by Crippen LogP contribution is 2.30. The predicted molar refractivity (Wildman–Crippen MR) is 63.7 cm³/mol. The zero-order valence-electron chi connectivity index (χ0n) is 8.40. The van der Waals surface area contributed by atoms with Gasteiger partial charge in [-0.15, -0.1) is 0 Å². The molecule has 0 spiro atoms. The van der Waals surface area contributed by atoms with Crippen LogP contribution >= 0.6 is 0 Å². The highest BCUT2D eigenvalue weighted by atomic mass is 16.3. The molecule has 78 valence electrons. The van der Waals surface area contributed by atoms with Crippen LogP contribution in [0.25, 0.3) is 21.7 Å². The second-order valence-corrected chi connectivity index (χ2v) is 3.73. The molecule has 2 aromatic carbocycles. The van der Waals surface area contributed by atoms with Crippen molar-refractivity contribution in [1.82, 2.24) is 4.98 Å². The van der Waals surface area contributed by atoms with Crippen LogP contribution in [0.3, 0.4) is 0 Å². The van der Waals surface area contributed by atoms with Gasteiger partial charge in [-0.3, -0.25) is 4.79 Å². The number of hydrogen-bond donors (Lipinski definition) is 2. The lowest BCUT2D eigenvalue weighted by Crippen LogP contribution is -2.02. The van der Waals surface area contributed by atoms with Crippen LogP contribution in [-0.2, 0) is 0 Å². The number of aromatic amines is 1. The molecule has 3 heteroatoms. The Kier molecular flexibility index (Phi) is 1.74. The third kappa shape index (κ3) is 1.18. The van der Waals surface area contributed by atoms with Gasteiger partial charge in [-0.1, -0.05) is 24.3 Å². The quantitative estimate of drug-likeness (QED) is 0.561. The van der Waals surface area contributed by atoms with E-state index >= 15 is 0 Å². The molecule has 0 saturated carbocycles. The first-order valence-corrected chi connectivity index (χ1v) is 4.99. The van der Waals surface area contributed by atoms with Crippen LogP contribution in [0.5, 0.6) is 5.75 Å². The third-order valence-electron chi connectivity index (χ3n) is 2.72. The largest absolute Gasteiger partial charge is 0.506 e. The first-order valence-electron chi connectivity index (χ1n) is 4.99. The second kappa shape index (κ2) is 3.10. The van der Waals surface area contributed by atoms with Crippen LogP contribution in [0.2, 0.25) is 0 Å². The minimum Gasteiger partial charge on any atom is -0.506 e. The van der Waals surface area contributed by atoms with Crippen LogP contribution in [-0.4, -0.2) is 10.1 Å². The first-order chi connectivity index (χ1) is 7.75. The number of fused-ring (bicyclic) bond motifs is 3. The Labute approximate surface area is 91.0 Å². The van der Waals surface area contributed by atoms with E-state index in [0.717, 1.165) is 16.2 Å². The highest BCUT2D eigenvalue weighted by molar-refractivity contribution is 6.08. The topological polar surface area (TPSA) is 53.1 Å². The molecule has 0 bridgehead atoms. The van der Waals surface area contributed by atoms with Gasteiger partial charge in [-0.25, -0.2) is 0 Å². The summed E-state index contributed by atoms with van der Waals surface area (Å²) < 4.78 is 0. The van der Waals surface area contributed by atoms with E-state index in [-0.39, 0.29) is 11.3 Å². The molecule has 0 atom stereocenters. The average Bonchev–Trinajstić information content (AvgIpc) is 2.29. The summed E-state index contributed by atoms with van der Waals surface area (Å²) in [6.45, 7) is 0. The Morgan fingerprint density at radius 2 is 1.81 bits per heavy atom. The number of nitrogens with one attached hydrogen (secondary N) is 1. The van der Waals surface area contributed by atoms with Crippen molar-refractivity contribution in [3.63, 3.8) is 0 Å². The Morgan fingerprint density at radius 1 is 1.00 bits per heavy atom. The van der Waals surface area contributed by atoms with Crippen molar-refractivity contribution in [1.29, 1.82) is 0 Å². The van der Waals surface area contributed by atoms with Gasteiger partial charge in [0.05, 0.1) is 5.52 Å². The lowest BCUT2D eigenvalue weighted by molar-refractivity contribution is 0.481. The van der Waals surface area contributed by atoms with Crippen molar-refractivity contribution < 1.29 is 5.11 Å². The van der Waals surface area contributed by atoms with Crippen molar-refractivity contribution in [2.24, 2.45) is 0 Å². The number of phenolic OH excluding ortho intramolecular Hbond substituents is 1. The van der Waals surface area contributed by atoms with E-state index in [1.807, 2.05) is 24.3 Å². The van der Waals surface area contributed by atoms with Crippen molar-refractivity contribution in [3.8, 4) is 5.75 Å². The minimum absolute atomic E-state index is 0.103. The molecule has 1 heterocycles. The summed E-state index contributed by atoms with van der Waals surface area (Å²) in [7, 11) is 0. The van der Waals surface area contributed by atoms with Crippen LogP contribution < -0.4 is 5.56 Å². The van der Waals surface area contributed by atoms with Crippen molar-refractivity contribution in [2.75, 3.05) is 0 Å². The maximum Gasteiger partial charge on any atom is 0.248 e. The fraction of sp³-hybridized carbons (Fsp3) is 0. The third-order valence-corrected chi connectivity index (χ3v) is 2.72. The molecule has 0 amide bonds. The van der Waals surface area contributed by atoms with Crippen LogP contribution in [0.15, 0.2) is 47.3 Å². The fourth-order valence-electron chi connectivity index (χ4n) is 1.99. The molecule has 0 saturated heterocycles. The number of phenols is 1. The van der Waals surface area contributed by atoms with Gasteiger partial charge in [-0.2, -0.15) is 0 Å². The molecule has 0 aliphatic heterocycles. The molecular weight excluding hydrogens is 202 g/mol. The van der Waals surface area contributed by atoms with Gasteiger partial charge in [-0.05, 0) is 22.9 Å². The summed E-state index contributed by atoms with van der Waals surface area (Å²) in [4.78, 5) is 13.8. The maximum atomic E-state index is 11.2. The summed E-state index contributed by atoms with van der Waals surface area (Å²) in [5, 5.41) is 12.7. The zero-order valence-corrected chi connectivity index (χ0v) is 8.40. The number of pyridine rings is 1. The molecule has 0 fully saturated rings. The number of aromatic hydroxyl groups is 1. The van der Waals surface area contributed by atoms with Crippen LogP contribution in [0, 0.1) is 0 Å². The molecule has 0 aliphatic carbocycles. The summed E-state index contributed by atoms with van der Waals surface area (Å²) >= 11 is 0. The number of benzene rings is 2. The normalized spacial score (nSPS) is 11.0. The Hall–Kier alpha value is -2.29. The molecule has 3 aromatic rings. The number of rotatable bonds is 0. The Bertz CT molecular complexity index is 744. The summed E-state index contributed by atoms with van der Waals surface area (Å²) in [5.41, 5.74) is 0.282. The Morgan fingerprint density at radius 3 is 2.69 bits per heavy atom. The van der Waals surface area contributed by atoms with Crippen molar-refractivity contribution in [3.05, 3.63) is 52.8 Å². The molecule has 0 aliphatic rings. The van der Waals surface area contributed by atoms with Crippen molar-refractivity contribution in [2.45, 2.75) is 0 Å². The van der Waals surface area contributed by atoms with Gasteiger partial charge in [0, 0.05) is 11.5 Å². The molecular formula is C13H9NO2. The van der Waals surface area contributed by atoms with Crippen LogP contribution in [0.4, 0.5) is 0 Å². The Balaban J connectivity index is 2.64. The van der Waals surface area contributed by atoms with E-state index in [0.29, 0.717) is 5.52 Å².